The van der Waals surface area contributed by atoms with Crippen LogP contribution in [0.1, 0.15) is 20.8 Å². The van der Waals surface area contributed by atoms with Crippen molar-refractivity contribution in [1.29, 1.82) is 0 Å². The zero-order valence-corrected chi connectivity index (χ0v) is 18.7. The Bertz CT molecular complexity index is 1060. The van der Waals surface area contributed by atoms with Crippen LogP contribution in [0.2, 0.25) is 0 Å². The van der Waals surface area contributed by atoms with Crippen molar-refractivity contribution in [2.45, 2.75) is 45.3 Å². The number of carbonyl (C=O) groups excluding carboxylic acids is 3. The molecule has 0 N–H and O–H groups in total. The molecule has 0 bridgehead atoms. The number of carbonyl (C=O) groups is 3. The van der Waals surface area contributed by atoms with Crippen molar-refractivity contribution in [3.63, 3.8) is 0 Å². The first-order chi connectivity index (χ1) is 14.9. The second-order valence-corrected chi connectivity index (χ2v) is 7.70. The molecule has 13 nitrogen and oxygen atoms in total. The van der Waals surface area contributed by atoms with Crippen molar-refractivity contribution in [1.82, 2.24) is 9.13 Å². The fourth-order valence-corrected chi connectivity index (χ4v) is 3.99. The highest BCUT2D eigenvalue weighted by molar-refractivity contribution is 5.73. The number of esters is 3. The maximum atomic E-state index is 12.7. The van der Waals surface area contributed by atoms with E-state index in [1.807, 2.05) is 0 Å². The van der Waals surface area contributed by atoms with Gasteiger partial charge >= 0.3 is 23.6 Å². The van der Waals surface area contributed by atoms with Crippen molar-refractivity contribution >= 4 is 29.4 Å². The van der Waals surface area contributed by atoms with Gasteiger partial charge in [0.2, 0.25) is 0 Å². The van der Waals surface area contributed by atoms with E-state index in [2.05, 4.69) is 0 Å². The van der Waals surface area contributed by atoms with Crippen LogP contribution in [0, 0.1) is 0 Å². The van der Waals surface area contributed by atoms with Crippen molar-refractivity contribution in [3.05, 3.63) is 20.8 Å². The van der Waals surface area contributed by atoms with E-state index < -0.39 is 53.7 Å². The van der Waals surface area contributed by atoms with Crippen LogP contribution in [0.25, 0.3) is 0 Å². The third-order valence-corrected chi connectivity index (χ3v) is 5.28. The van der Waals surface area contributed by atoms with Gasteiger partial charge in [-0.05, 0) is 0 Å². The Morgan fingerprint density at radius 2 is 1.53 bits per heavy atom. The summed E-state index contributed by atoms with van der Waals surface area (Å²) < 4.78 is 24.2. The molecular weight excluding hydrogens is 428 g/mol. The number of hydrogen-bond acceptors (Lipinski definition) is 11. The molecule has 1 aromatic heterocycles. The van der Waals surface area contributed by atoms with E-state index in [4.69, 9.17) is 18.9 Å². The van der Waals surface area contributed by atoms with Gasteiger partial charge in [-0.1, -0.05) is 0 Å². The SMILES string of the molecule is CC(=O)OC[C@H]1O[C@@H](N2CN(C)c3c2n(C)c(=O)n(C)c3=O)[C@H](OC(C)=O)[C@@H]1OC(C)=O. The third kappa shape index (κ3) is 4.07. The van der Waals surface area contributed by atoms with Gasteiger partial charge in [0, 0.05) is 41.9 Å². The van der Waals surface area contributed by atoms with E-state index in [0.29, 0.717) is 0 Å². The van der Waals surface area contributed by atoms with Gasteiger partial charge in [-0.2, -0.15) is 0 Å². The molecule has 1 saturated heterocycles. The summed E-state index contributed by atoms with van der Waals surface area (Å²) in [4.78, 5) is 63.4. The van der Waals surface area contributed by atoms with Crippen molar-refractivity contribution in [2.75, 3.05) is 30.1 Å². The molecule has 0 aliphatic carbocycles. The summed E-state index contributed by atoms with van der Waals surface area (Å²) >= 11 is 0. The molecule has 0 unspecified atom stereocenters. The molecule has 1 aromatic rings. The molecule has 4 atom stereocenters. The first-order valence-corrected chi connectivity index (χ1v) is 9.85. The van der Waals surface area contributed by atoms with Crippen LogP contribution < -0.4 is 21.0 Å². The highest BCUT2D eigenvalue weighted by Gasteiger charge is 2.54. The van der Waals surface area contributed by atoms with Crippen molar-refractivity contribution in [2.24, 2.45) is 14.1 Å². The summed E-state index contributed by atoms with van der Waals surface area (Å²) in [5.74, 6) is -1.61. The largest absolute Gasteiger partial charge is 0.463 e. The highest BCUT2D eigenvalue weighted by Crippen LogP contribution is 2.38. The van der Waals surface area contributed by atoms with E-state index >= 15 is 0 Å². The van der Waals surface area contributed by atoms with E-state index in [-0.39, 0.29) is 24.8 Å². The van der Waals surface area contributed by atoms with Gasteiger partial charge < -0.3 is 28.7 Å². The standard InChI is InChI=1S/C19H26N4O9/c1-9(24)29-7-12-14(30-10(2)25)15(31-11(3)26)18(32-12)23-8-20(4)13-16(23)21(5)19(28)22(6)17(13)27/h12,14-15,18H,7-8H2,1-6H3/t12-,14-,15-,18-/m1/s1. The average molecular weight is 454 g/mol. The van der Waals surface area contributed by atoms with E-state index in [1.54, 1.807) is 16.8 Å². The van der Waals surface area contributed by atoms with E-state index in [1.165, 1.54) is 39.4 Å². The minimum absolute atomic E-state index is 0.122. The summed E-state index contributed by atoms with van der Waals surface area (Å²) in [6.45, 7) is 3.46. The number of ether oxygens (including phenoxy) is 4. The molecule has 32 heavy (non-hydrogen) atoms. The minimum atomic E-state index is -1.12. The topological polar surface area (TPSA) is 139 Å². The van der Waals surface area contributed by atoms with Gasteiger partial charge in [0.15, 0.2) is 18.4 Å². The monoisotopic (exact) mass is 454 g/mol. The summed E-state index contributed by atoms with van der Waals surface area (Å²) in [6, 6.07) is 0. The summed E-state index contributed by atoms with van der Waals surface area (Å²) in [5, 5.41) is 0. The van der Waals surface area contributed by atoms with E-state index in [0.717, 1.165) is 4.57 Å². The third-order valence-electron chi connectivity index (χ3n) is 5.28. The predicted molar refractivity (Wildman–Crippen MR) is 109 cm³/mol. The Morgan fingerprint density at radius 3 is 2.09 bits per heavy atom. The van der Waals surface area contributed by atoms with Crippen LogP contribution in [0.4, 0.5) is 11.5 Å². The van der Waals surface area contributed by atoms with Gasteiger partial charge in [0.1, 0.15) is 24.2 Å². The van der Waals surface area contributed by atoms with Crippen LogP contribution in [0.5, 0.6) is 0 Å². The Kier molecular flexibility index (Phi) is 6.30. The minimum Gasteiger partial charge on any atom is -0.463 e. The molecule has 13 heteroatoms. The first-order valence-electron chi connectivity index (χ1n) is 9.85. The smallest absolute Gasteiger partial charge is 0.332 e. The van der Waals surface area contributed by atoms with Gasteiger partial charge in [-0.25, -0.2) is 4.79 Å². The number of anilines is 2. The Balaban J connectivity index is 2.09. The molecule has 1 fully saturated rings. The Morgan fingerprint density at radius 1 is 0.938 bits per heavy atom. The van der Waals surface area contributed by atoms with Gasteiger partial charge in [0.25, 0.3) is 5.56 Å². The van der Waals surface area contributed by atoms with Crippen LogP contribution in [-0.4, -0.2) is 71.9 Å². The van der Waals surface area contributed by atoms with Crippen molar-refractivity contribution < 1.29 is 33.3 Å². The molecule has 3 heterocycles. The Labute approximate surface area is 183 Å². The average Bonchev–Trinajstić information content (AvgIpc) is 3.20. The zero-order chi connectivity index (χ0) is 23.9. The maximum absolute atomic E-state index is 12.7. The lowest BCUT2D eigenvalue weighted by Crippen LogP contribution is -2.49. The molecule has 176 valence electrons. The number of rotatable bonds is 5. The van der Waals surface area contributed by atoms with Crippen LogP contribution in [0.3, 0.4) is 0 Å². The maximum Gasteiger partial charge on any atom is 0.332 e. The molecule has 0 spiro atoms. The second-order valence-electron chi connectivity index (χ2n) is 7.70. The van der Waals surface area contributed by atoms with Crippen LogP contribution in [-0.2, 0) is 47.4 Å². The normalized spacial score (nSPS) is 24.3. The fraction of sp³-hybridized carbons (Fsp3) is 0.632. The lowest BCUT2D eigenvalue weighted by molar-refractivity contribution is -0.165. The molecule has 0 saturated carbocycles. The van der Waals surface area contributed by atoms with Crippen molar-refractivity contribution in [3.8, 4) is 0 Å². The van der Waals surface area contributed by atoms with Gasteiger partial charge in [-0.3, -0.25) is 28.3 Å². The first kappa shape index (κ1) is 23.3. The van der Waals surface area contributed by atoms with Crippen LogP contribution >= 0.6 is 0 Å². The lowest BCUT2D eigenvalue weighted by atomic mass is 10.1. The van der Waals surface area contributed by atoms with E-state index in [9.17, 15) is 24.0 Å². The van der Waals surface area contributed by atoms with Crippen LogP contribution in [0.15, 0.2) is 9.59 Å². The quantitative estimate of drug-likeness (QED) is 0.377. The summed E-state index contributed by atoms with van der Waals surface area (Å²) in [5.41, 5.74) is -0.792. The number of aromatic nitrogens is 2. The molecule has 3 rings (SSSR count). The second kappa shape index (κ2) is 8.65. The lowest BCUT2D eigenvalue weighted by Gasteiger charge is -2.31. The molecular formula is C19H26N4O9. The molecule has 0 radical (unpaired) electrons. The van der Waals surface area contributed by atoms with Gasteiger partial charge in [-0.15, -0.1) is 0 Å². The fourth-order valence-electron chi connectivity index (χ4n) is 3.99. The summed E-state index contributed by atoms with van der Waals surface area (Å²) in [7, 11) is 4.55. The molecule has 0 aromatic carbocycles. The number of fused-ring (bicyclic) bond motifs is 1. The number of nitrogens with zero attached hydrogens (tertiary/aromatic N) is 4. The molecule has 0 amide bonds. The Hall–Kier alpha value is -3.35. The summed E-state index contributed by atoms with van der Waals surface area (Å²) in [6.07, 6.45) is -4.19. The molecule has 2 aliphatic rings. The predicted octanol–water partition coefficient (Wildman–Crippen LogP) is -1.55. The highest BCUT2D eigenvalue weighted by atomic mass is 16.7. The zero-order valence-electron chi connectivity index (χ0n) is 18.7. The van der Waals surface area contributed by atoms with Gasteiger partial charge in [0.05, 0.1) is 6.67 Å². The number of hydrogen-bond donors (Lipinski definition) is 0. The molecule has 2 aliphatic heterocycles.